The molecule has 1 aliphatic rings. The van der Waals surface area contributed by atoms with Gasteiger partial charge in [0.1, 0.15) is 12.1 Å². The van der Waals surface area contributed by atoms with Crippen molar-refractivity contribution in [1.82, 2.24) is 15.0 Å². The summed E-state index contributed by atoms with van der Waals surface area (Å²) in [6.45, 7) is 4.54. The summed E-state index contributed by atoms with van der Waals surface area (Å²) in [5, 5.41) is 2.93. The second kappa shape index (κ2) is 8.80. The van der Waals surface area contributed by atoms with E-state index in [9.17, 15) is 13.2 Å². The van der Waals surface area contributed by atoms with Crippen LogP contribution in [0.15, 0.2) is 30.9 Å². The number of aromatic nitrogens is 3. The number of rotatable bonds is 7. The predicted molar refractivity (Wildman–Crippen MR) is 109 cm³/mol. The van der Waals surface area contributed by atoms with E-state index in [1.54, 1.807) is 6.33 Å². The van der Waals surface area contributed by atoms with Crippen LogP contribution in [0.3, 0.4) is 0 Å². The summed E-state index contributed by atoms with van der Waals surface area (Å²) in [5.74, 6) is 1.20. The van der Waals surface area contributed by atoms with Crippen molar-refractivity contribution in [2.75, 3.05) is 23.8 Å². The molecule has 0 aromatic carbocycles. The lowest BCUT2D eigenvalue weighted by molar-refractivity contribution is -0.137. The van der Waals surface area contributed by atoms with Crippen molar-refractivity contribution in [3.05, 3.63) is 47.7 Å². The maximum atomic E-state index is 13.1. The van der Waals surface area contributed by atoms with Crippen molar-refractivity contribution in [2.45, 2.75) is 45.3 Å². The van der Waals surface area contributed by atoms with E-state index in [0.717, 1.165) is 48.6 Å². The Morgan fingerprint density at radius 3 is 2.72 bits per heavy atom. The van der Waals surface area contributed by atoms with Gasteiger partial charge in [0.05, 0.1) is 23.1 Å². The molecule has 0 unspecified atom stereocenters. The molecule has 8 heteroatoms. The summed E-state index contributed by atoms with van der Waals surface area (Å²) >= 11 is 0. The normalized spacial score (nSPS) is 19.2. The van der Waals surface area contributed by atoms with Gasteiger partial charge in [-0.3, -0.25) is 4.98 Å². The van der Waals surface area contributed by atoms with Crippen LogP contribution < -0.4 is 10.2 Å². The Morgan fingerprint density at radius 1 is 1.28 bits per heavy atom. The molecular formula is C21H26F3N5. The van der Waals surface area contributed by atoms with Crippen LogP contribution in [0.25, 0.3) is 6.08 Å². The molecule has 0 amide bonds. The lowest BCUT2D eigenvalue weighted by Crippen LogP contribution is -2.45. The van der Waals surface area contributed by atoms with Gasteiger partial charge in [0, 0.05) is 31.4 Å². The van der Waals surface area contributed by atoms with E-state index in [0.29, 0.717) is 18.5 Å². The molecular weight excluding hydrogens is 379 g/mol. The summed E-state index contributed by atoms with van der Waals surface area (Å²) in [6, 6.07) is 1.31. The van der Waals surface area contributed by atoms with E-state index in [2.05, 4.69) is 44.2 Å². The molecule has 1 aliphatic carbocycles. The third kappa shape index (κ3) is 4.86. The summed E-state index contributed by atoms with van der Waals surface area (Å²) in [4.78, 5) is 14.7. The number of hydrogen-bond donors (Lipinski definition) is 1. The van der Waals surface area contributed by atoms with Crippen LogP contribution in [0, 0.1) is 12.8 Å². The van der Waals surface area contributed by atoms with E-state index in [4.69, 9.17) is 0 Å². The standard InChI is InChI=1S/C21H26F3N5/c1-4-5-6-17-14(2)27-13-28-20(17)29(3)16-9-15(10-16)11-26-19-12-25-8-7-18(19)21(22,23)24/h5-8,12-13,15-16,26H,4,9-11H2,1-3H3/b6-5-. The number of nitrogens with zero attached hydrogens (tertiary/aromatic N) is 4. The molecule has 2 aromatic heterocycles. The summed E-state index contributed by atoms with van der Waals surface area (Å²) in [6.07, 6.45) is 6.45. The van der Waals surface area contributed by atoms with Crippen molar-refractivity contribution in [3.63, 3.8) is 0 Å². The number of alkyl halides is 3. The first-order valence-corrected chi connectivity index (χ1v) is 9.77. The largest absolute Gasteiger partial charge is 0.418 e. The van der Waals surface area contributed by atoms with Gasteiger partial charge in [0.25, 0.3) is 0 Å². The highest BCUT2D eigenvalue weighted by Crippen LogP contribution is 2.37. The molecule has 0 spiro atoms. The van der Waals surface area contributed by atoms with E-state index >= 15 is 0 Å². The van der Waals surface area contributed by atoms with E-state index in [1.807, 2.05) is 14.0 Å². The van der Waals surface area contributed by atoms with Crippen molar-refractivity contribution in [2.24, 2.45) is 5.92 Å². The predicted octanol–water partition coefficient (Wildman–Crippen LogP) is 4.95. The minimum atomic E-state index is -4.39. The molecule has 1 N–H and O–H groups in total. The zero-order chi connectivity index (χ0) is 21.0. The summed E-state index contributed by atoms with van der Waals surface area (Å²) in [7, 11) is 2.02. The fourth-order valence-electron chi connectivity index (χ4n) is 3.58. The topological polar surface area (TPSA) is 53.9 Å². The Hall–Kier alpha value is -2.64. The Kier molecular flexibility index (Phi) is 6.39. The van der Waals surface area contributed by atoms with Gasteiger partial charge in [-0.2, -0.15) is 13.2 Å². The van der Waals surface area contributed by atoms with Gasteiger partial charge in [-0.1, -0.05) is 19.1 Å². The zero-order valence-electron chi connectivity index (χ0n) is 16.9. The Morgan fingerprint density at radius 2 is 2.03 bits per heavy atom. The molecule has 0 bridgehead atoms. The van der Waals surface area contributed by atoms with Crippen LogP contribution in [0.4, 0.5) is 24.7 Å². The molecule has 0 atom stereocenters. The highest BCUT2D eigenvalue weighted by atomic mass is 19.4. The highest BCUT2D eigenvalue weighted by Gasteiger charge is 2.36. The number of aryl methyl sites for hydroxylation is 1. The Bertz CT molecular complexity index is 860. The van der Waals surface area contributed by atoms with Crippen molar-refractivity contribution in [3.8, 4) is 0 Å². The number of nitrogens with one attached hydrogen (secondary N) is 1. The van der Waals surface area contributed by atoms with E-state index in [1.165, 1.54) is 6.20 Å². The van der Waals surface area contributed by atoms with E-state index < -0.39 is 11.7 Å². The maximum absolute atomic E-state index is 13.1. The molecule has 156 valence electrons. The van der Waals surface area contributed by atoms with E-state index in [-0.39, 0.29) is 5.69 Å². The second-order valence-electron chi connectivity index (χ2n) is 7.41. The molecule has 3 rings (SSSR count). The third-order valence-electron chi connectivity index (χ3n) is 5.38. The van der Waals surface area contributed by atoms with Crippen LogP contribution in [-0.4, -0.2) is 34.6 Å². The zero-order valence-corrected chi connectivity index (χ0v) is 16.9. The minimum absolute atomic E-state index is 0.0372. The average molecular weight is 405 g/mol. The lowest BCUT2D eigenvalue weighted by Gasteiger charge is -2.42. The molecule has 5 nitrogen and oxygen atoms in total. The van der Waals surface area contributed by atoms with Crippen molar-refractivity contribution in [1.29, 1.82) is 0 Å². The van der Waals surface area contributed by atoms with Crippen molar-refractivity contribution < 1.29 is 13.2 Å². The molecule has 2 aromatic rings. The minimum Gasteiger partial charge on any atom is -0.383 e. The van der Waals surface area contributed by atoms with Crippen LogP contribution in [0.5, 0.6) is 0 Å². The second-order valence-corrected chi connectivity index (χ2v) is 7.41. The monoisotopic (exact) mass is 405 g/mol. The first-order valence-electron chi connectivity index (χ1n) is 9.77. The third-order valence-corrected chi connectivity index (χ3v) is 5.38. The van der Waals surface area contributed by atoms with Gasteiger partial charge in [0.15, 0.2) is 0 Å². The fourth-order valence-corrected chi connectivity index (χ4v) is 3.58. The molecule has 0 saturated heterocycles. The average Bonchev–Trinajstić information content (AvgIpc) is 2.65. The number of pyridine rings is 1. The van der Waals surface area contributed by atoms with Gasteiger partial charge in [0.2, 0.25) is 0 Å². The van der Waals surface area contributed by atoms with Gasteiger partial charge in [-0.15, -0.1) is 0 Å². The molecule has 0 radical (unpaired) electrons. The van der Waals surface area contributed by atoms with Crippen LogP contribution in [0.2, 0.25) is 0 Å². The number of anilines is 2. The van der Waals surface area contributed by atoms with Crippen LogP contribution in [0.1, 0.15) is 43.0 Å². The highest BCUT2D eigenvalue weighted by molar-refractivity contribution is 5.66. The fraction of sp³-hybridized carbons (Fsp3) is 0.476. The Labute approximate surface area is 169 Å². The molecule has 2 heterocycles. The summed E-state index contributed by atoms with van der Waals surface area (Å²) < 4.78 is 39.3. The number of halogens is 3. The van der Waals surface area contributed by atoms with Gasteiger partial charge < -0.3 is 10.2 Å². The summed E-state index contributed by atoms with van der Waals surface area (Å²) in [5.41, 5.74) is 1.31. The molecule has 1 fully saturated rings. The van der Waals surface area contributed by atoms with Gasteiger partial charge in [-0.25, -0.2) is 9.97 Å². The maximum Gasteiger partial charge on any atom is 0.418 e. The first-order chi connectivity index (χ1) is 13.8. The Balaban J connectivity index is 1.60. The molecule has 29 heavy (non-hydrogen) atoms. The van der Waals surface area contributed by atoms with Crippen molar-refractivity contribution >= 4 is 17.6 Å². The molecule has 0 aliphatic heterocycles. The van der Waals surface area contributed by atoms with Gasteiger partial charge >= 0.3 is 6.18 Å². The van der Waals surface area contributed by atoms with Crippen LogP contribution in [-0.2, 0) is 6.18 Å². The molecule has 1 saturated carbocycles. The van der Waals surface area contributed by atoms with Gasteiger partial charge in [-0.05, 0) is 38.2 Å². The lowest BCUT2D eigenvalue weighted by atomic mass is 9.79. The smallest absolute Gasteiger partial charge is 0.383 e. The number of allylic oxidation sites excluding steroid dienone is 1. The number of hydrogen-bond acceptors (Lipinski definition) is 5. The SMILES string of the molecule is CC/C=C\c1c(C)ncnc1N(C)C1CC(CNc2cnccc2C(F)(F)F)C1. The first kappa shape index (κ1) is 21.1. The van der Waals surface area contributed by atoms with Crippen LogP contribution >= 0.6 is 0 Å². The quantitative estimate of drug-likeness (QED) is 0.706.